The molecule has 0 spiro atoms. The topological polar surface area (TPSA) is 0 Å². The summed E-state index contributed by atoms with van der Waals surface area (Å²) in [6.07, 6.45) is 0. The number of hydrogen-bond donors (Lipinski definition) is 0. The van der Waals surface area contributed by atoms with Gasteiger partial charge in [0.15, 0.2) is 0 Å². The first-order valence-corrected chi connectivity index (χ1v) is 15.2. The second-order valence-corrected chi connectivity index (χ2v) is 25.9. The van der Waals surface area contributed by atoms with Gasteiger partial charge in [0.1, 0.15) is 0 Å². The zero-order valence-corrected chi connectivity index (χ0v) is 9.76. The smallest absolute Gasteiger partial charge is 0 e. The molecule has 0 amide bonds. The average molecular weight is 367 g/mol. The maximum Gasteiger partial charge on any atom is 0 e. The monoisotopic (exact) mass is 366 g/mol. The molecular weight excluding hydrogens is 367 g/mol. The van der Waals surface area contributed by atoms with Crippen LogP contribution in [0.5, 0.6) is 0 Å². The van der Waals surface area contributed by atoms with Crippen molar-refractivity contribution in [1.29, 1.82) is 0 Å². The molecule has 0 nitrogen and oxygen atoms in total. The fourth-order valence-electron chi connectivity index (χ4n) is 0. The summed E-state index contributed by atoms with van der Waals surface area (Å²) in [6.45, 7) is 0. The predicted molar refractivity (Wildman–Crippen MR) is 29.2 cm³/mol. The third-order valence-electron chi connectivity index (χ3n) is 0. The van der Waals surface area contributed by atoms with Gasteiger partial charge in [0.2, 0.25) is 0 Å². The number of hydrogen-bond acceptors (Lipinski definition) is 0. The molecule has 6 heavy (non-hydrogen) atoms. The quantitative estimate of drug-likeness (QED) is 0.577. The Hall–Kier alpha value is 2.62. The maximum absolute atomic E-state index is 5.04. The van der Waals surface area contributed by atoms with E-state index in [0.717, 1.165) is 0 Å². The van der Waals surface area contributed by atoms with Gasteiger partial charge in [-0.2, -0.15) is 0 Å². The van der Waals surface area contributed by atoms with Crippen LogP contribution in [0.3, 0.4) is 0 Å². The van der Waals surface area contributed by atoms with Gasteiger partial charge in [-0.05, 0) is 0 Å². The van der Waals surface area contributed by atoms with Crippen LogP contribution >= 0.6 is 35.7 Å². The van der Waals surface area contributed by atoms with Gasteiger partial charge in [-0.3, -0.25) is 0 Å². The second kappa shape index (κ2) is 4.50. The fraction of sp³-hybridized carbons (Fsp3) is 0. The van der Waals surface area contributed by atoms with Crippen LogP contribution in [0.15, 0.2) is 0 Å². The van der Waals surface area contributed by atoms with Crippen LogP contribution in [-0.4, -0.2) is 13.9 Å². The molecule has 0 aliphatic rings. The Morgan fingerprint density at radius 2 is 0.833 bits per heavy atom. The fourth-order valence-corrected chi connectivity index (χ4v) is 0. The predicted octanol–water partition coefficient (Wildman–Crippen LogP) is 2.37. The van der Waals surface area contributed by atoms with E-state index in [9.17, 15) is 0 Å². The molecule has 0 radical (unpaired) electrons. The summed E-state index contributed by atoms with van der Waals surface area (Å²) in [7, 11) is 20.1. The maximum atomic E-state index is 5.04. The van der Waals surface area contributed by atoms with E-state index in [4.69, 9.17) is 35.7 Å². The standard InChI is InChI=1S/4ClH.Pd.Sn/h4*1H;;/q;;;;;+4/p-4. The molecule has 0 N–H and O–H groups in total. The summed E-state index contributed by atoms with van der Waals surface area (Å²) in [6, 6.07) is 0. The molecule has 0 heterocycles. The molecule has 42 valence electrons. The Morgan fingerprint density at radius 1 is 0.833 bits per heavy atom. The second-order valence-electron chi connectivity index (χ2n) is 0.429. The number of halogens is 4. The Balaban J connectivity index is 0. The van der Waals surface area contributed by atoms with E-state index < -0.39 is 13.9 Å². The van der Waals surface area contributed by atoms with E-state index in [2.05, 4.69) is 0 Å². The van der Waals surface area contributed by atoms with Crippen molar-refractivity contribution in [1.82, 2.24) is 0 Å². The van der Waals surface area contributed by atoms with Gasteiger partial charge in [0.25, 0.3) is 0 Å². The summed E-state index contributed by atoms with van der Waals surface area (Å²) >= 11 is -3.29. The summed E-state index contributed by atoms with van der Waals surface area (Å²) in [5, 5.41) is 0. The van der Waals surface area contributed by atoms with Crippen molar-refractivity contribution in [3.05, 3.63) is 0 Å². The molecular formula is Cl4PdSn. The van der Waals surface area contributed by atoms with Crippen LogP contribution in [0.1, 0.15) is 0 Å². The van der Waals surface area contributed by atoms with Crippen LogP contribution in [-0.2, 0) is 20.4 Å². The van der Waals surface area contributed by atoms with E-state index in [0.29, 0.717) is 0 Å². The van der Waals surface area contributed by atoms with Gasteiger partial charge >= 0.3 is 49.6 Å². The van der Waals surface area contributed by atoms with Crippen molar-refractivity contribution in [2.75, 3.05) is 0 Å². The van der Waals surface area contributed by atoms with Crippen molar-refractivity contribution in [2.24, 2.45) is 0 Å². The van der Waals surface area contributed by atoms with E-state index in [1.165, 1.54) is 0 Å². The molecule has 0 aliphatic heterocycles. The Morgan fingerprint density at radius 3 is 0.833 bits per heavy atom. The minimum Gasteiger partial charge on any atom is 0 e. The summed E-state index contributed by atoms with van der Waals surface area (Å²) in [4.78, 5) is 0. The van der Waals surface area contributed by atoms with Crippen LogP contribution in [0, 0.1) is 0 Å². The molecule has 0 atom stereocenters. The summed E-state index contributed by atoms with van der Waals surface area (Å²) in [5.74, 6) is 0. The molecule has 0 unspecified atom stereocenters. The van der Waals surface area contributed by atoms with E-state index in [1.807, 2.05) is 0 Å². The van der Waals surface area contributed by atoms with Crippen molar-refractivity contribution < 1.29 is 20.4 Å². The van der Waals surface area contributed by atoms with E-state index in [1.54, 1.807) is 0 Å². The first kappa shape index (κ1) is 11.4. The molecule has 0 saturated carbocycles. The van der Waals surface area contributed by atoms with Crippen LogP contribution in [0.4, 0.5) is 0 Å². The largest absolute Gasteiger partial charge is 0 e. The molecule has 0 saturated heterocycles. The number of rotatable bonds is 0. The third-order valence-corrected chi connectivity index (χ3v) is 0. The van der Waals surface area contributed by atoms with Crippen LogP contribution < -0.4 is 0 Å². The van der Waals surface area contributed by atoms with Gasteiger partial charge in [0, 0.05) is 20.4 Å². The molecule has 0 aromatic heterocycles. The third kappa shape index (κ3) is 30.5. The summed E-state index contributed by atoms with van der Waals surface area (Å²) in [5.41, 5.74) is 0. The molecule has 0 fully saturated rings. The van der Waals surface area contributed by atoms with Gasteiger partial charge in [-0.1, -0.05) is 0 Å². The Kier molecular flexibility index (Phi) is 8.56. The molecule has 0 bridgehead atoms. The first-order valence-electron chi connectivity index (χ1n) is 0.756. The molecule has 0 aromatic carbocycles. The molecule has 0 rings (SSSR count). The Bertz CT molecular complexity index is 23.0. The van der Waals surface area contributed by atoms with Crippen molar-refractivity contribution >= 4 is 49.6 Å². The van der Waals surface area contributed by atoms with Gasteiger partial charge < -0.3 is 0 Å². The molecule has 0 aromatic rings. The van der Waals surface area contributed by atoms with Crippen molar-refractivity contribution in [2.45, 2.75) is 0 Å². The Labute approximate surface area is 68.9 Å². The molecule has 6 heteroatoms. The molecule has 0 aliphatic carbocycles. The van der Waals surface area contributed by atoms with Crippen LogP contribution in [0.25, 0.3) is 0 Å². The normalized spacial score (nSPS) is 10.0. The SMILES string of the molecule is [Cl][Sn]([Cl])([Cl])[Cl].[Pd]. The van der Waals surface area contributed by atoms with E-state index >= 15 is 0 Å². The zero-order chi connectivity index (χ0) is 4.50. The van der Waals surface area contributed by atoms with Crippen LogP contribution in [0.2, 0.25) is 0 Å². The van der Waals surface area contributed by atoms with Crippen molar-refractivity contribution in [3.8, 4) is 0 Å². The van der Waals surface area contributed by atoms with Gasteiger partial charge in [0.05, 0.1) is 0 Å². The minimum atomic E-state index is -3.29. The van der Waals surface area contributed by atoms with Gasteiger partial charge in [-0.15, -0.1) is 0 Å². The summed E-state index contributed by atoms with van der Waals surface area (Å²) < 4.78 is 0. The first-order chi connectivity index (χ1) is 2.00. The average Bonchev–Trinajstić information content (AvgIpc) is 0.722. The van der Waals surface area contributed by atoms with E-state index in [-0.39, 0.29) is 20.4 Å². The van der Waals surface area contributed by atoms with Crippen molar-refractivity contribution in [3.63, 3.8) is 0 Å². The minimum absolute atomic E-state index is 0. The van der Waals surface area contributed by atoms with Gasteiger partial charge in [-0.25, -0.2) is 0 Å². The zero-order valence-electron chi connectivity index (χ0n) is 2.33.